The fourth-order valence-electron chi connectivity index (χ4n) is 4.62. The maximum Gasteiger partial charge on any atom is 0.0645 e. The summed E-state index contributed by atoms with van der Waals surface area (Å²) >= 11 is 0. The average molecular weight is 601 g/mol. The normalized spacial score (nSPS) is 19.5. The van der Waals surface area contributed by atoms with E-state index in [0.717, 1.165) is 29.2 Å². The Morgan fingerprint density at radius 2 is 0.733 bits per heavy atom. The third kappa shape index (κ3) is 5.15. The summed E-state index contributed by atoms with van der Waals surface area (Å²) in [5.41, 5.74) is -4.96. The molecule has 0 spiro atoms. The van der Waals surface area contributed by atoms with Gasteiger partial charge >= 0.3 is 0 Å². The Morgan fingerprint density at radius 1 is 0.311 bits per heavy atom. The molecule has 0 radical (unpaired) electrons. The zero-order chi connectivity index (χ0) is 53.5. The minimum absolute atomic E-state index is 0.387. The van der Waals surface area contributed by atoms with Gasteiger partial charge in [0, 0.05) is 17.1 Å². The van der Waals surface area contributed by atoms with Crippen LogP contribution in [0, 0.1) is 0 Å². The summed E-state index contributed by atoms with van der Waals surface area (Å²) in [6, 6.07) is -17.9. The monoisotopic (exact) mass is 600 g/mol. The molecule has 0 saturated carbocycles. The van der Waals surface area contributed by atoms with Crippen LogP contribution in [0.5, 0.6) is 0 Å². The highest BCUT2D eigenvalue weighted by atomic mass is 15.1. The van der Waals surface area contributed by atoms with Crippen LogP contribution in [-0.4, -0.2) is 0 Å². The van der Waals surface area contributed by atoms with Crippen LogP contribution < -0.4 is 4.90 Å². The van der Waals surface area contributed by atoms with Gasteiger partial charge in [-0.3, -0.25) is 0 Å². The average Bonchev–Trinajstić information content (AvgIpc) is 3.33. The molecule has 0 aliphatic rings. The molecule has 0 heterocycles. The minimum Gasteiger partial charge on any atom is -0.311 e. The molecule has 0 N–H and O–H groups in total. The van der Waals surface area contributed by atoms with Crippen molar-refractivity contribution in [2.45, 2.75) is 0 Å². The van der Waals surface area contributed by atoms with Crippen LogP contribution in [0.2, 0.25) is 0 Å². The van der Waals surface area contributed by atoms with Gasteiger partial charge in [-0.05, 0) is 91.3 Å². The molecular weight excluding hydrogens is 542 g/mol. The first-order valence-corrected chi connectivity index (χ1v) is 13.2. The van der Waals surface area contributed by atoms with E-state index >= 15 is 0 Å². The predicted octanol–water partition coefficient (Wildman–Crippen LogP) is 12.5. The smallest absolute Gasteiger partial charge is 0.0645 e. The summed E-state index contributed by atoms with van der Waals surface area (Å²) in [4.78, 5) is 0.870. The molecule has 0 unspecified atom stereocenters. The highest BCUT2D eigenvalue weighted by Crippen LogP contribution is 2.39. The molecule has 8 rings (SSSR count). The number of fused-ring (bicyclic) bond motifs is 2. The fraction of sp³-hybridized carbons (Fsp3) is 0. The first-order chi connectivity index (χ1) is 33.5. The van der Waals surface area contributed by atoms with Crippen LogP contribution >= 0.6 is 0 Å². The van der Waals surface area contributed by atoms with Crippen molar-refractivity contribution in [1.29, 1.82) is 0 Å². The van der Waals surface area contributed by atoms with Crippen LogP contribution in [0.1, 0.15) is 37.0 Å². The molecule has 8 aromatic rings. The highest BCUT2D eigenvalue weighted by Gasteiger charge is 2.14. The van der Waals surface area contributed by atoms with Crippen molar-refractivity contribution in [3.8, 4) is 33.4 Å². The summed E-state index contributed by atoms with van der Waals surface area (Å²) < 4.78 is 236. The van der Waals surface area contributed by atoms with Crippen molar-refractivity contribution in [2.75, 3.05) is 4.90 Å². The lowest BCUT2D eigenvalue weighted by molar-refractivity contribution is 1.28. The van der Waals surface area contributed by atoms with Gasteiger partial charge in [-0.25, -0.2) is 0 Å². The Balaban J connectivity index is 1.49. The summed E-state index contributed by atoms with van der Waals surface area (Å²) in [5, 5.41) is -2.06. The standard InChI is InChI=1S/C44H31N/c1-2-10-32(11-3-1)33-20-26-38(27-21-33)45(39-28-22-36(23-29-39)43-18-8-14-34-12-4-6-16-41(34)43)40-30-24-37(25-31-40)44-19-9-15-35-13-5-7-17-42(35)44/h1-31H/i1D,2D,3D,4D,5D,6D,7D,8D,9D,10D,11D,12D,13D,14D,15D,16D,17D,18D,19D,20D,21D,22D,23D,24D,25D,28D,29D. The lowest BCUT2D eigenvalue weighted by Crippen LogP contribution is -2.09. The van der Waals surface area contributed by atoms with Crippen LogP contribution in [0.4, 0.5) is 17.1 Å². The maximum absolute atomic E-state index is 9.47. The molecule has 212 valence electrons. The first kappa shape index (κ1) is 10.6. The number of hydrogen-bond acceptors (Lipinski definition) is 1. The van der Waals surface area contributed by atoms with Gasteiger partial charge in [0.15, 0.2) is 0 Å². The molecule has 8 aromatic carbocycles. The van der Waals surface area contributed by atoms with E-state index in [1.54, 1.807) is 0 Å². The lowest BCUT2D eigenvalue weighted by Gasteiger charge is -2.26. The van der Waals surface area contributed by atoms with Gasteiger partial charge in [-0.1, -0.05) is 151 Å². The molecule has 0 aromatic heterocycles. The van der Waals surface area contributed by atoms with E-state index in [1.807, 2.05) is 0 Å². The number of anilines is 3. The molecule has 0 amide bonds. The quantitative estimate of drug-likeness (QED) is 0.183. The van der Waals surface area contributed by atoms with Crippen LogP contribution in [0.25, 0.3) is 54.9 Å². The summed E-state index contributed by atoms with van der Waals surface area (Å²) in [6.07, 6.45) is 0. The van der Waals surface area contributed by atoms with E-state index in [9.17, 15) is 8.22 Å². The molecule has 0 aliphatic heterocycles. The predicted molar refractivity (Wildman–Crippen MR) is 192 cm³/mol. The molecule has 0 aliphatic carbocycles. The Kier molecular flexibility index (Phi) is 2.74. The molecule has 0 saturated heterocycles. The second-order valence-electron chi connectivity index (χ2n) is 9.31. The third-order valence-corrected chi connectivity index (χ3v) is 6.68. The van der Waals surface area contributed by atoms with Gasteiger partial charge in [0.05, 0.1) is 37.0 Å². The van der Waals surface area contributed by atoms with Gasteiger partial charge in [0.1, 0.15) is 0 Å². The molecular formula is C44H31N. The summed E-state index contributed by atoms with van der Waals surface area (Å²) in [6.45, 7) is 0. The Morgan fingerprint density at radius 3 is 1.29 bits per heavy atom. The first-order valence-electron chi connectivity index (χ1n) is 26.7. The molecule has 45 heavy (non-hydrogen) atoms. The summed E-state index contributed by atoms with van der Waals surface area (Å²) in [5.74, 6) is 0. The lowest BCUT2D eigenvalue weighted by atomic mass is 9.97. The van der Waals surface area contributed by atoms with E-state index in [1.165, 1.54) is 0 Å². The molecule has 0 fully saturated rings. The van der Waals surface area contributed by atoms with E-state index in [0.29, 0.717) is 0 Å². The Labute approximate surface area is 302 Å². The van der Waals surface area contributed by atoms with Crippen molar-refractivity contribution < 1.29 is 37.0 Å². The summed E-state index contributed by atoms with van der Waals surface area (Å²) in [7, 11) is 0. The van der Waals surface area contributed by atoms with Crippen molar-refractivity contribution in [1.82, 2.24) is 0 Å². The van der Waals surface area contributed by atoms with Crippen molar-refractivity contribution >= 4 is 38.6 Å². The van der Waals surface area contributed by atoms with Gasteiger partial charge in [-0.2, -0.15) is 0 Å². The number of rotatable bonds is 6. The number of nitrogens with zero attached hydrogens (tertiary/aromatic N) is 1. The number of benzene rings is 8. The van der Waals surface area contributed by atoms with E-state index in [4.69, 9.17) is 28.8 Å². The second-order valence-corrected chi connectivity index (χ2v) is 9.31. The van der Waals surface area contributed by atoms with E-state index < -0.39 is 229 Å². The number of hydrogen-bond donors (Lipinski definition) is 0. The van der Waals surface area contributed by atoms with Crippen molar-refractivity contribution in [2.24, 2.45) is 0 Å². The largest absolute Gasteiger partial charge is 0.311 e. The SMILES string of the molecule is [2H]c1cc(N(c2cc([2H])c(-c3c([2H])c([2H])c([2H])c4c([2H])c([2H])c([2H])c([2H])c34)c([2H])c2)c2c([2H])c([2H])c(-c3c([2H])c([2H])c([2H])c4c([2H])c([2H])c([2H])c([2H])c34)c([2H])c2[2H])cc([2H])c1-c1c([2H])c([2H])c([2H])c([2H])c1[2H]. The van der Waals surface area contributed by atoms with Crippen LogP contribution in [0.15, 0.2) is 187 Å². The zero-order valence-electron chi connectivity index (χ0n) is 49.8. The Bertz CT molecular complexity index is 3670. The second kappa shape index (κ2) is 11.6. The van der Waals surface area contributed by atoms with Crippen molar-refractivity contribution in [3.05, 3.63) is 187 Å². The fourth-order valence-corrected chi connectivity index (χ4v) is 4.62. The van der Waals surface area contributed by atoms with Gasteiger partial charge in [0.25, 0.3) is 0 Å². The third-order valence-electron chi connectivity index (χ3n) is 6.68. The van der Waals surface area contributed by atoms with Gasteiger partial charge in [-0.15, -0.1) is 0 Å². The molecule has 0 bridgehead atoms. The van der Waals surface area contributed by atoms with E-state index in [2.05, 4.69) is 0 Å². The maximum atomic E-state index is 9.47. The Hall–Kier alpha value is -5.92. The van der Waals surface area contributed by atoms with Crippen LogP contribution in [-0.2, 0) is 0 Å². The molecule has 1 heteroatoms. The van der Waals surface area contributed by atoms with Gasteiger partial charge in [0.2, 0.25) is 0 Å². The molecule has 0 atom stereocenters. The molecule has 1 nitrogen and oxygen atoms in total. The minimum atomic E-state index is -0.991. The van der Waals surface area contributed by atoms with E-state index in [-0.39, 0.29) is 5.69 Å². The van der Waals surface area contributed by atoms with Gasteiger partial charge < -0.3 is 4.90 Å². The van der Waals surface area contributed by atoms with Crippen LogP contribution in [0.3, 0.4) is 0 Å². The zero-order valence-corrected chi connectivity index (χ0v) is 22.8. The highest BCUT2D eigenvalue weighted by molar-refractivity contribution is 5.98. The van der Waals surface area contributed by atoms with Crippen molar-refractivity contribution in [3.63, 3.8) is 0 Å². The topological polar surface area (TPSA) is 3.24 Å².